The zero-order chi connectivity index (χ0) is 30.1. The van der Waals surface area contributed by atoms with Crippen molar-refractivity contribution < 1.29 is 23.5 Å². The standard InChI is InChI=1S/C33H40ClFN4O4/c1-37-14-9-26(21-37)36-32(41)33(23-3-6-25(35)7-4-23)12-15-38(16-13-33)30(40)29-27-19-24(34)5-8-28(27)39(31(29)42-2)20-22-10-17-43-18-11-22/h3-8,19,22,26H,9-18,20-21H2,1-2H3,(H,36,41)/t26-/m1/s1. The molecule has 3 aromatic rings. The molecule has 3 aliphatic rings. The van der Waals surface area contributed by atoms with E-state index in [9.17, 15) is 14.0 Å². The van der Waals surface area contributed by atoms with Crippen molar-refractivity contribution in [3.8, 4) is 5.88 Å². The molecule has 2 amide bonds. The number of likely N-dealkylation sites (N-methyl/N-ethyl adjacent to an activating group) is 1. The van der Waals surface area contributed by atoms with E-state index in [4.69, 9.17) is 21.1 Å². The van der Waals surface area contributed by atoms with Gasteiger partial charge in [-0.2, -0.15) is 0 Å². The third-order valence-corrected chi connectivity index (χ3v) is 9.86. The maximum atomic E-state index is 14.3. The molecule has 0 radical (unpaired) electrons. The molecule has 1 aromatic heterocycles. The quantitative estimate of drug-likeness (QED) is 0.413. The number of nitrogens with one attached hydrogen (secondary N) is 1. The Labute approximate surface area is 257 Å². The largest absolute Gasteiger partial charge is 0.482 e. The van der Waals surface area contributed by atoms with Gasteiger partial charge in [-0.1, -0.05) is 23.7 Å². The van der Waals surface area contributed by atoms with Gasteiger partial charge in [0.05, 0.1) is 18.0 Å². The van der Waals surface area contributed by atoms with Gasteiger partial charge in [-0.3, -0.25) is 9.59 Å². The average molecular weight is 611 g/mol. The van der Waals surface area contributed by atoms with Crippen LogP contribution in [0.2, 0.25) is 5.02 Å². The van der Waals surface area contributed by atoms with E-state index in [0.717, 1.165) is 68.6 Å². The number of carbonyl (C=O) groups is 2. The number of halogens is 2. The molecule has 0 aliphatic carbocycles. The fourth-order valence-electron chi connectivity index (χ4n) is 7.13. The number of benzene rings is 2. The second kappa shape index (κ2) is 12.5. The van der Waals surface area contributed by atoms with Crippen molar-refractivity contribution >= 4 is 34.3 Å². The minimum Gasteiger partial charge on any atom is -0.482 e. The highest BCUT2D eigenvalue weighted by molar-refractivity contribution is 6.31. The van der Waals surface area contributed by atoms with Gasteiger partial charge in [0.2, 0.25) is 11.8 Å². The fourth-order valence-corrected chi connectivity index (χ4v) is 7.30. The Bertz CT molecular complexity index is 1480. The van der Waals surface area contributed by atoms with Crippen LogP contribution in [0.3, 0.4) is 0 Å². The molecular formula is C33H40ClFN4O4. The lowest BCUT2D eigenvalue weighted by atomic mass is 9.71. The summed E-state index contributed by atoms with van der Waals surface area (Å²) < 4.78 is 27.5. The van der Waals surface area contributed by atoms with Gasteiger partial charge in [0.15, 0.2) is 0 Å². The highest BCUT2D eigenvalue weighted by Gasteiger charge is 2.45. The van der Waals surface area contributed by atoms with Crippen molar-refractivity contribution in [2.24, 2.45) is 5.92 Å². The lowest BCUT2D eigenvalue weighted by Crippen LogP contribution is -2.54. The average Bonchev–Trinajstić information content (AvgIpc) is 3.56. The molecule has 4 heterocycles. The molecule has 3 fully saturated rings. The van der Waals surface area contributed by atoms with E-state index in [-0.39, 0.29) is 23.7 Å². The highest BCUT2D eigenvalue weighted by atomic mass is 35.5. The van der Waals surface area contributed by atoms with Crippen molar-refractivity contribution in [1.82, 2.24) is 19.7 Å². The van der Waals surface area contributed by atoms with Crippen molar-refractivity contribution in [1.29, 1.82) is 0 Å². The first-order valence-corrected chi connectivity index (χ1v) is 15.6. The topological polar surface area (TPSA) is 76.0 Å². The molecule has 10 heteroatoms. The minimum atomic E-state index is -0.851. The monoisotopic (exact) mass is 610 g/mol. The Hall–Kier alpha value is -3.14. The Balaban J connectivity index is 1.29. The summed E-state index contributed by atoms with van der Waals surface area (Å²) in [6, 6.07) is 12.0. The molecule has 1 N–H and O–H groups in total. The third kappa shape index (κ3) is 5.87. The summed E-state index contributed by atoms with van der Waals surface area (Å²) in [6.07, 6.45) is 3.67. The Kier molecular flexibility index (Phi) is 8.67. The number of rotatable bonds is 7. The van der Waals surface area contributed by atoms with Crippen LogP contribution in [-0.4, -0.2) is 85.8 Å². The van der Waals surface area contributed by atoms with E-state index in [2.05, 4.69) is 14.8 Å². The zero-order valence-electron chi connectivity index (χ0n) is 24.9. The molecule has 8 nitrogen and oxygen atoms in total. The van der Waals surface area contributed by atoms with Gasteiger partial charge in [0.25, 0.3) is 5.91 Å². The van der Waals surface area contributed by atoms with E-state index in [1.165, 1.54) is 12.1 Å². The molecular weight excluding hydrogens is 571 g/mol. The van der Waals surface area contributed by atoms with Gasteiger partial charge in [-0.25, -0.2) is 4.39 Å². The van der Waals surface area contributed by atoms with Crippen molar-refractivity contribution in [3.05, 3.63) is 64.4 Å². The highest BCUT2D eigenvalue weighted by Crippen LogP contribution is 2.40. The van der Waals surface area contributed by atoms with E-state index >= 15 is 0 Å². The minimum absolute atomic E-state index is 0.0519. The number of likely N-dealkylation sites (tertiary alicyclic amines) is 2. The molecule has 0 saturated carbocycles. The summed E-state index contributed by atoms with van der Waals surface area (Å²) >= 11 is 6.44. The number of hydrogen-bond acceptors (Lipinski definition) is 5. The molecule has 6 rings (SSSR count). The first kappa shape index (κ1) is 29.9. The Morgan fingerprint density at radius 3 is 2.44 bits per heavy atom. The summed E-state index contributed by atoms with van der Waals surface area (Å²) in [5.74, 6) is 0.421. The second-order valence-corrected chi connectivity index (χ2v) is 12.8. The van der Waals surface area contributed by atoms with E-state index in [0.29, 0.717) is 48.3 Å². The summed E-state index contributed by atoms with van der Waals surface area (Å²) in [4.78, 5) is 32.3. The molecule has 0 unspecified atom stereocenters. The number of fused-ring (bicyclic) bond motifs is 1. The third-order valence-electron chi connectivity index (χ3n) is 9.63. The number of amides is 2. The summed E-state index contributed by atoms with van der Waals surface area (Å²) in [5, 5.41) is 4.59. The van der Waals surface area contributed by atoms with Crippen LogP contribution in [-0.2, 0) is 21.5 Å². The number of aromatic nitrogens is 1. The fraction of sp³-hybridized carbons (Fsp3) is 0.515. The van der Waals surface area contributed by atoms with Crippen molar-refractivity contribution in [2.45, 2.75) is 50.1 Å². The molecule has 2 aromatic carbocycles. The Morgan fingerprint density at radius 1 is 1.07 bits per heavy atom. The van der Waals surface area contributed by atoms with Crippen LogP contribution in [0.25, 0.3) is 10.9 Å². The number of nitrogens with zero attached hydrogens (tertiary/aromatic N) is 3. The van der Waals surface area contributed by atoms with Crippen LogP contribution in [0.5, 0.6) is 5.88 Å². The number of ether oxygens (including phenoxy) is 2. The normalized spacial score (nSPS) is 21.3. The predicted molar refractivity (Wildman–Crippen MR) is 164 cm³/mol. The van der Waals surface area contributed by atoms with Crippen LogP contribution in [0.4, 0.5) is 4.39 Å². The zero-order valence-corrected chi connectivity index (χ0v) is 25.7. The second-order valence-electron chi connectivity index (χ2n) is 12.3. The van der Waals surface area contributed by atoms with Crippen LogP contribution >= 0.6 is 11.6 Å². The van der Waals surface area contributed by atoms with E-state index < -0.39 is 5.41 Å². The molecule has 1 atom stereocenters. The lowest BCUT2D eigenvalue weighted by molar-refractivity contribution is -0.129. The molecule has 3 saturated heterocycles. The van der Waals surface area contributed by atoms with Gasteiger partial charge in [0, 0.05) is 55.8 Å². The summed E-state index contributed by atoms with van der Waals surface area (Å²) in [5.41, 5.74) is 1.34. The van der Waals surface area contributed by atoms with Crippen LogP contribution in [0.1, 0.15) is 48.0 Å². The number of carbonyl (C=O) groups excluding carboxylic acids is 2. The maximum absolute atomic E-state index is 14.3. The van der Waals surface area contributed by atoms with Gasteiger partial charge in [-0.05, 0) is 87.5 Å². The number of methoxy groups -OCH3 is 1. The predicted octanol–water partition coefficient (Wildman–Crippen LogP) is 4.86. The smallest absolute Gasteiger partial charge is 0.259 e. The van der Waals surface area contributed by atoms with Gasteiger partial charge >= 0.3 is 0 Å². The van der Waals surface area contributed by atoms with Crippen LogP contribution in [0, 0.1) is 11.7 Å². The van der Waals surface area contributed by atoms with E-state index in [1.54, 1.807) is 19.2 Å². The van der Waals surface area contributed by atoms with E-state index in [1.807, 2.05) is 30.1 Å². The molecule has 0 spiro atoms. The number of piperidine rings is 1. The molecule has 3 aliphatic heterocycles. The van der Waals surface area contributed by atoms with Crippen LogP contribution < -0.4 is 10.1 Å². The first-order valence-electron chi connectivity index (χ1n) is 15.3. The Morgan fingerprint density at radius 2 is 1.79 bits per heavy atom. The van der Waals surface area contributed by atoms with Crippen LogP contribution in [0.15, 0.2) is 42.5 Å². The van der Waals surface area contributed by atoms with Crippen molar-refractivity contribution in [2.75, 3.05) is 53.6 Å². The summed E-state index contributed by atoms with van der Waals surface area (Å²) in [6.45, 7) is 4.69. The molecule has 230 valence electrons. The molecule has 0 bridgehead atoms. The SMILES string of the molecule is COc1c(C(=O)N2CCC(C(=O)N[C@@H]3CCN(C)C3)(c3ccc(F)cc3)CC2)c2cc(Cl)ccc2n1CC1CCOCC1. The van der Waals surface area contributed by atoms with Gasteiger partial charge in [-0.15, -0.1) is 0 Å². The van der Waals surface area contributed by atoms with Crippen molar-refractivity contribution in [3.63, 3.8) is 0 Å². The van der Waals surface area contributed by atoms with Gasteiger partial charge in [0.1, 0.15) is 11.4 Å². The molecule has 43 heavy (non-hydrogen) atoms. The number of hydrogen-bond donors (Lipinski definition) is 1. The first-order chi connectivity index (χ1) is 20.8. The lowest BCUT2D eigenvalue weighted by Gasteiger charge is -2.41. The maximum Gasteiger partial charge on any atom is 0.259 e. The summed E-state index contributed by atoms with van der Waals surface area (Å²) in [7, 11) is 3.65. The van der Waals surface area contributed by atoms with Gasteiger partial charge < -0.3 is 29.2 Å².